The van der Waals surface area contributed by atoms with Gasteiger partial charge in [0.25, 0.3) is 0 Å². The Bertz CT molecular complexity index is 1150. The Kier molecular flexibility index (Phi) is 5.29. The van der Waals surface area contributed by atoms with Gasteiger partial charge < -0.3 is 13.9 Å². The normalized spacial score (nSPS) is 10.8. The second kappa shape index (κ2) is 8.19. The number of furan rings is 1. The summed E-state index contributed by atoms with van der Waals surface area (Å²) in [5, 5.41) is 0.740. The van der Waals surface area contributed by atoms with Crippen LogP contribution in [0.15, 0.2) is 71.1 Å². The van der Waals surface area contributed by atoms with Gasteiger partial charge in [-0.2, -0.15) is 0 Å². The number of fused-ring (bicyclic) bond motifs is 1. The first-order chi connectivity index (χ1) is 14.1. The minimum atomic E-state index is -0.416. The monoisotopic (exact) mass is 387 g/mol. The van der Waals surface area contributed by atoms with Crippen molar-refractivity contribution in [2.24, 2.45) is 0 Å². The molecular formula is C24H21NO4. The molecule has 29 heavy (non-hydrogen) atoms. The lowest BCUT2D eigenvalue weighted by atomic mass is 10.1. The van der Waals surface area contributed by atoms with E-state index in [1.54, 1.807) is 6.07 Å². The van der Waals surface area contributed by atoms with Crippen molar-refractivity contribution >= 4 is 16.9 Å². The van der Waals surface area contributed by atoms with Crippen LogP contribution in [0.25, 0.3) is 22.4 Å². The van der Waals surface area contributed by atoms with Crippen molar-refractivity contribution in [3.05, 3.63) is 83.6 Å². The summed E-state index contributed by atoms with van der Waals surface area (Å²) in [4.78, 5) is 17.4. The molecule has 4 rings (SSSR count). The van der Waals surface area contributed by atoms with Gasteiger partial charge in [0.05, 0.1) is 11.1 Å². The molecule has 0 atom stereocenters. The van der Waals surface area contributed by atoms with Crippen LogP contribution in [-0.2, 0) is 4.74 Å². The number of hydrogen-bond donors (Lipinski definition) is 0. The van der Waals surface area contributed by atoms with Crippen LogP contribution in [0.4, 0.5) is 0 Å². The maximum Gasteiger partial charge on any atom is 0.339 e. The molecule has 0 saturated carbocycles. The minimum absolute atomic E-state index is 0.151. The zero-order chi connectivity index (χ0) is 20.2. The topological polar surface area (TPSA) is 61.6 Å². The van der Waals surface area contributed by atoms with Crippen molar-refractivity contribution in [2.75, 3.05) is 13.2 Å². The van der Waals surface area contributed by atoms with Gasteiger partial charge in [-0.3, -0.25) is 0 Å². The van der Waals surface area contributed by atoms with Gasteiger partial charge in [-0.25, -0.2) is 9.78 Å². The quantitative estimate of drug-likeness (QED) is 0.330. The number of rotatable bonds is 6. The van der Waals surface area contributed by atoms with Gasteiger partial charge in [0, 0.05) is 5.39 Å². The summed E-state index contributed by atoms with van der Waals surface area (Å²) in [7, 11) is 0. The number of nitrogens with zero attached hydrogens (tertiary/aromatic N) is 1. The number of benzene rings is 2. The summed E-state index contributed by atoms with van der Waals surface area (Å²) < 4.78 is 16.8. The Balaban J connectivity index is 1.51. The Morgan fingerprint density at radius 3 is 2.52 bits per heavy atom. The number of aryl methyl sites for hydroxylation is 2. The standard InChI is InChI=1S/C24H21NO4/c1-16-7-10-18(11-8-16)27-13-14-28-24(26)20-15-22(23-12-9-17(2)29-23)25-21-6-4-3-5-19(20)21/h3-12,15H,13-14H2,1-2H3. The molecule has 5 nitrogen and oxygen atoms in total. The molecule has 0 aliphatic heterocycles. The van der Waals surface area contributed by atoms with E-state index in [2.05, 4.69) is 4.98 Å². The smallest absolute Gasteiger partial charge is 0.339 e. The Labute approximate surface area is 168 Å². The Morgan fingerprint density at radius 1 is 0.966 bits per heavy atom. The van der Waals surface area contributed by atoms with E-state index >= 15 is 0 Å². The van der Waals surface area contributed by atoms with Crippen LogP contribution in [0, 0.1) is 13.8 Å². The Morgan fingerprint density at radius 2 is 1.76 bits per heavy atom. The molecule has 2 heterocycles. The van der Waals surface area contributed by atoms with Gasteiger partial charge >= 0.3 is 5.97 Å². The van der Waals surface area contributed by atoms with Crippen LogP contribution in [0.3, 0.4) is 0 Å². The first-order valence-corrected chi connectivity index (χ1v) is 9.43. The minimum Gasteiger partial charge on any atom is -0.490 e. The highest BCUT2D eigenvalue weighted by Gasteiger charge is 2.16. The number of ether oxygens (including phenoxy) is 2. The summed E-state index contributed by atoms with van der Waals surface area (Å²) in [6.07, 6.45) is 0. The number of aromatic nitrogens is 1. The third-order valence-corrected chi connectivity index (χ3v) is 4.54. The molecule has 0 spiro atoms. The zero-order valence-electron chi connectivity index (χ0n) is 16.3. The molecule has 5 heteroatoms. The van der Waals surface area contributed by atoms with Crippen LogP contribution in [0.5, 0.6) is 5.75 Å². The van der Waals surface area contributed by atoms with Gasteiger partial charge in [-0.1, -0.05) is 35.9 Å². The molecule has 2 aromatic heterocycles. The van der Waals surface area contributed by atoms with Crippen molar-refractivity contribution < 1.29 is 18.7 Å². The van der Waals surface area contributed by atoms with E-state index < -0.39 is 5.97 Å². The molecular weight excluding hydrogens is 366 g/mol. The average Bonchev–Trinajstić information content (AvgIpc) is 3.18. The van der Waals surface area contributed by atoms with E-state index in [1.807, 2.05) is 74.5 Å². The second-order valence-corrected chi connectivity index (χ2v) is 6.78. The summed E-state index contributed by atoms with van der Waals surface area (Å²) >= 11 is 0. The van der Waals surface area contributed by atoms with Crippen LogP contribution < -0.4 is 4.74 Å². The number of para-hydroxylation sites is 1. The maximum atomic E-state index is 12.8. The van der Waals surface area contributed by atoms with E-state index in [-0.39, 0.29) is 13.2 Å². The van der Waals surface area contributed by atoms with Crippen molar-refractivity contribution in [3.8, 4) is 17.2 Å². The summed E-state index contributed by atoms with van der Waals surface area (Å²) in [6, 6.07) is 20.6. The Hall–Kier alpha value is -3.60. The highest BCUT2D eigenvalue weighted by atomic mass is 16.6. The summed E-state index contributed by atoms with van der Waals surface area (Å²) in [5.41, 5.74) is 2.92. The first-order valence-electron chi connectivity index (χ1n) is 9.43. The third-order valence-electron chi connectivity index (χ3n) is 4.54. The lowest BCUT2D eigenvalue weighted by Crippen LogP contribution is -2.13. The molecule has 0 aliphatic rings. The maximum absolute atomic E-state index is 12.8. The van der Waals surface area contributed by atoms with E-state index in [0.717, 1.165) is 22.5 Å². The SMILES string of the molecule is Cc1ccc(OCCOC(=O)c2cc(-c3ccc(C)o3)nc3ccccc23)cc1. The first kappa shape index (κ1) is 18.7. The van der Waals surface area contributed by atoms with Crippen LogP contribution in [0.1, 0.15) is 21.7 Å². The summed E-state index contributed by atoms with van der Waals surface area (Å²) in [5.74, 6) is 1.73. The molecule has 0 fully saturated rings. The lowest BCUT2D eigenvalue weighted by molar-refractivity contribution is 0.0452. The van der Waals surface area contributed by atoms with Crippen molar-refractivity contribution in [3.63, 3.8) is 0 Å². The van der Waals surface area contributed by atoms with Crippen molar-refractivity contribution in [1.29, 1.82) is 0 Å². The number of carbonyl (C=O) groups is 1. The highest BCUT2D eigenvalue weighted by molar-refractivity contribution is 6.04. The van der Waals surface area contributed by atoms with Crippen molar-refractivity contribution in [1.82, 2.24) is 4.98 Å². The highest BCUT2D eigenvalue weighted by Crippen LogP contribution is 2.26. The fourth-order valence-electron chi connectivity index (χ4n) is 3.05. The van der Waals surface area contributed by atoms with Gasteiger partial charge in [0.15, 0.2) is 5.76 Å². The third kappa shape index (κ3) is 4.29. The molecule has 0 N–H and O–H groups in total. The molecule has 0 aliphatic carbocycles. The van der Waals surface area contributed by atoms with E-state index in [1.165, 1.54) is 0 Å². The molecule has 0 unspecified atom stereocenters. The van der Waals surface area contributed by atoms with Gasteiger partial charge in [0.2, 0.25) is 0 Å². The second-order valence-electron chi connectivity index (χ2n) is 6.78. The molecule has 2 aromatic carbocycles. The number of esters is 1. The largest absolute Gasteiger partial charge is 0.490 e. The molecule has 0 bridgehead atoms. The van der Waals surface area contributed by atoms with Gasteiger partial charge in [0.1, 0.15) is 30.4 Å². The van der Waals surface area contributed by atoms with E-state index in [0.29, 0.717) is 22.5 Å². The van der Waals surface area contributed by atoms with Gasteiger partial charge in [-0.05, 0) is 50.2 Å². The van der Waals surface area contributed by atoms with Gasteiger partial charge in [-0.15, -0.1) is 0 Å². The summed E-state index contributed by atoms with van der Waals surface area (Å²) in [6.45, 7) is 4.32. The van der Waals surface area contributed by atoms with E-state index in [9.17, 15) is 4.79 Å². The number of pyridine rings is 1. The van der Waals surface area contributed by atoms with Crippen LogP contribution >= 0.6 is 0 Å². The molecule has 4 aromatic rings. The van der Waals surface area contributed by atoms with E-state index in [4.69, 9.17) is 13.9 Å². The average molecular weight is 387 g/mol. The molecule has 146 valence electrons. The predicted molar refractivity (Wildman–Crippen MR) is 111 cm³/mol. The molecule has 0 amide bonds. The zero-order valence-corrected chi connectivity index (χ0v) is 16.3. The molecule has 0 saturated heterocycles. The fourth-order valence-corrected chi connectivity index (χ4v) is 3.05. The molecule has 0 radical (unpaired) electrons. The number of hydrogen-bond acceptors (Lipinski definition) is 5. The predicted octanol–water partition coefficient (Wildman–Crippen LogP) is 5.35. The fraction of sp³-hybridized carbons (Fsp3) is 0.167. The lowest BCUT2D eigenvalue weighted by Gasteiger charge is -2.10. The van der Waals surface area contributed by atoms with Crippen LogP contribution in [0.2, 0.25) is 0 Å². The van der Waals surface area contributed by atoms with Crippen LogP contribution in [-0.4, -0.2) is 24.2 Å². The number of carbonyl (C=O) groups excluding carboxylic acids is 1. The van der Waals surface area contributed by atoms with Crippen molar-refractivity contribution in [2.45, 2.75) is 13.8 Å².